The first-order chi connectivity index (χ1) is 21.2. The Bertz CT molecular complexity index is 1850. The van der Waals surface area contributed by atoms with Gasteiger partial charge in [-0.1, -0.05) is 110 Å². The van der Waals surface area contributed by atoms with E-state index in [1.54, 1.807) is 0 Å². The van der Waals surface area contributed by atoms with E-state index in [1.165, 1.54) is 17.0 Å². The molecule has 4 nitrogen and oxygen atoms in total. The van der Waals surface area contributed by atoms with Gasteiger partial charge in [0.2, 0.25) is 0 Å². The number of carbonyl (C=O) groups is 1. The average molecular weight is 797 g/mol. The molecule has 0 aliphatic carbocycles. The first kappa shape index (κ1) is 37.2. The largest absolute Gasteiger partial charge is 0.512 e. The molecule has 1 radical (unpaired) electrons. The first-order valence-electron chi connectivity index (χ1n) is 16.4. The fourth-order valence-corrected chi connectivity index (χ4v) is 5.70. The molecule has 0 saturated heterocycles. The fourth-order valence-electron chi connectivity index (χ4n) is 5.70. The Morgan fingerprint density at radius 2 is 1.39 bits per heavy atom. The van der Waals surface area contributed by atoms with Gasteiger partial charge in [-0.2, -0.15) is 0 Å². The van der Waals surface area contributed by atoms with Crippen LogP contribution in [0.25, 0.3) is 43.9 Å². The molecule has 0 amide bonds. The van der Waals surface area contributed by atoms with Crippen molar-refractivity contribution < 1.29 is 34.4 Å². The van der Waals surface area contributed by atoms with Crippen molar-refractivity contribution in [2.24, 2.45) is 10.8 Å². The molecule has 46 heavy (non-hydrogen) atoms. The van der Waals surface area contributed by atoms with E-state index in [-0.39, 0.29) is 47.9 Å². The molecule has 2 aromatic heterocycles. The minimum atomic E-state index is -0.337. The molecule has 0 unspecified atom stereocenters. The van der Waals surface area contributed by atoms with Gasteiger partial charge >= 0.3 is 0 Å². The summed E-state index contributed by atoms with van der Waals surface area (Å²) >= 11 is 0. The van der Waals surface area contributed by atoms with Crippen molar-refractivity contribution in [3.05, 3.63) is 89.9 Å². The Morgan fingerprint density at radius 3 is 1.98 bits per heavy atom. The Balaban J connectivity index is 0.000000280. The predicted molar refractivity (Wildman–Crippen MR) is 190 cm³/mol. The van der Waals surface area contributed by atoms with Crippen LogP contribution in [0.3, 0.4) is 0 Å². The third-order valence-corrected chi connectivity index (χ3v) is 9.94. The SMILES string of the molecule is CCC(C)(CC)C(=O)/C=C(\O)C(C)(CC)CC.Cc1cc2c(o1)c(-c1[c-]c3ccccc3c(C(C)(C)C)c1)nc1ccccc12.[Ir]. The number of ketones is 1. The van der Waals surface area contributed by atoms with Crippen LogP contribution in [0.15, 0.2) is 76.9 Å². The van der Waals surface area contributed by atoms with Crippen LogP contribution in [0.1, 0.15) is 99.3 Å². The van der Waals surface area contributed by atoms with E-state index in [4.69, 9.17) is 9.40 Å². The van der Waals surface area contributed by atoms with Gasteiger partial charge in [-0.15, -0.1) is 29.1 Å². The summed E-state index contributed by atoms with van der Waals surface area (Å²) in [5.74, 6) is 1.18. The van der Waals surface area contributed by atoms with Crippen LogP contribution >= 0.6 is 0 Å². The molecule has 0 saturated carbocycles. The number of aliphatic hydroxyl groups excluding tert-OH is 1. The molecule has 5 heteroatoms. The maximum absolute atomic E-state index is 12.2. The number of nitrogens with zero attached hydrogens (tertiary/aromatic N) is 1. The van der Waals surface area contributed by atoms with Crippen molar-refractivity contribution in [2.45, 2.75) is 100 Å². The molecule has 0 spiro atoms. The smallest absolute Gasteiger partial charge is 0.164 e. The van der Waals surface area contributed by atoms with E-state index in [9.17, 15) is 9.90 Å². The number of aliphatic hydroxyl groups is 1. The zero-order chi connectivity index (χ0) is 33.2. The van der Waals surface area contributed by atoms with Gasteiger partial charge in [0.25, 0.3) is 0 Å². The van der Waals surface area contributed by atoms with Crippen molar-refractivity contribution in [1.82, 2.24) is 4.98 Å². The van der Waals surface area contributed by atoms with E-state index < -0.39 is 0 Å². The molecular weight excluding hydrogens is 747 g/mol. The predicted octanol–water partition coefficient (Wildman–Crippen LogP) is 11.9. The Hall–Kier alpha value is -3.27. The first-order valence-corrected chi connectivity index (χ1v) is 16.4. The topological polar surface area (TPSA) is 63.3 Å². The van der Waals surface area contributed by atoms with Crippen LogP contribution in [0.2, 0.25) is 0 Å². The van der Waals surface area contributed by atoms with Crippen molar-refractivity contribution >= 4 is 38.4 Å². The minimum Gasteiger partial charge on any atom is -0.512 e. The van der Waals surface area contributed by atoms with Gasteiger partial charge in [0, 0.05) is 53.5 Å². The number of allylic oxidation sites excluding steroid dienone is 2. The quantitative estimate of drug-likeness (QED) is 0.0965. The van der Waals surface area contributed by atoms with E-state index in [0.717, 1.165) is 70.0 Å². The molecule has 5 aromatic rings. The second kappa shape index (κ2) is 14.7. The van der Waals surface area contributed by atoms with Crippen LogP contribution in [0, 0.1) is 23.8 Å². The van der Waals surface area contributed by atoms with E-state index >= 15 is 0 Å². The van der Waals surface area contributed by atoms with Crippen LogP contribution in [0.5, 0.6) is 0 Å². The Morgan fingerprint density at radius 1 is 0.826 bits per heavy atom. The molecule has 1 N–H and O–H groups in total. The summed E-state index contributed by atoms with van der Waals surface area (Å²) in [6.45, 7) is 20.8. The summed E-state index contributed by atoms with van der Waals surface area (Å²) < 4.78 is 6.12. The second-order valence-corrected chi connectivity index (χ2v) is 13.9. The molecule has 247 valence electrons. The van der Waals surface area contributed by atoms with Gasteiger partial charge in [0.1, 0.15) is 17.1 Å². The monoisotopic (exact) mass is 797 g/mol. The van der Waals surface area contributed by atoms with Crippen molar-refractivity contribution in [2.75, 3.05) is 0 Å². The summed E-state index contributed by atoms with van der Waals surface area (Å²) in [7, 11) is 0. The normalized spacial score (nSPS) is 12.6. The van der Waals surface area contributed by atoms with Crippen LogP contribution < -0.4 is 0 Å². The van der Waals surface area contributed by atoms with Crippen molar-refractivity contribution in [3.8, 4) is 11.3 Å². The number of benzene rings is 3. The van der Waals surface area contributed by atoms with Gasteiger partial charge in [0.05, 0.1) is 5.52 Å². The van der Waals surface area contributed by atoms with Gasteiger partial charge in [0.15, 0.2) is 5.78 Å². The number of aromatic nitrogens is 1. The summed E-state index contributed by atoms with van der Waals surface area (Å²) in [6.07, 6.45) is 4.75. The molecule has 0 fully saturated rings. The molecule has 0 atom stereocenters. The van der Waals surface area contributed by atoms with Crippen LogP contribution in [-0.2, 0) is 30.3 Å². The molecule has 5 rings (SSSR count). The second-order valence-electron chi connectivity index (χ2n) is 13.9. The number of pyridine rings is 1. The van der Waals surface area contributed by atoms with Crippen molar-refractivity contribution in [1.29, 1.82) is 0 Å². The van der Waals surface area contributed by atoms with E-state index in [0.29, 0.717) is 0 Å². The zero-order valence-corrected chi connectivity index (χ0v) is 31.6. The molecule has 2 heterocycles. The molecule has 0 bridgehead atoms. The summed E-state index contributed by atoms with van der Waals surface area (Å²) in [5, 5.41) is 14.7. The minimum absolute atomic E-state index is 0. The van der Waals surface area contributed by atoms with Crippen LogP contribution in [0.4, 0.5) is 0 Å². The number of hydrogen-bond donors (Lipinski definition) is 1. The van der Waals surface area contributed by atoms with Gasteiger partial charge < -0.3 is 9.52 Å². The number of fused-ring (bicyclic) bond motifs is 4. The Labute approximate surface area is 289 Å². The summed E-state index contributed by atoms with van der Waals surface area (Å²) in [6, 6.07) is 24.6. The number of furan rings is 1. The zero-order valence-electron chi connectivity index (χ0n) is 29.2. The number of rotatable bonds is 8. The summed E-state index contributed by atoms with van der Waals surface area (Å²) in [4.78, 5) is 17.2. The standard InChI is InChI=1S/C26H22NO.C15H28O2.Ir/c1-16-13-21-20-11-7-8-12-23(20)27-24(25(21)28-16)18-14-17-9-5-6-10-19(17)22(15-18)26(2,3)4;1-7-14(5,8-2)12(16)11-13(17)15(6,9-3)10-4;/h5-13,15H,1-4H3;11,16H,7-10H2,1-6H3;/q-1;;/b;12-11-;. The maximum Gasteiger partial charge on any atom is 0.164 e. The van der Waals surface area contributed by atoms with Crippen LogP contribution in [-0.4, -0.2) is 15.9 Å². The van der Waals surface area contributed by atoms with Gasteiger partial charge in [-0.25, -0.2) is 0 Å². The molecule has 3 aromatic carbocycles. The number of carbonyl (C=O) groups excluding carboxylic acids is 1. The summed E-state index contributed by atoms with van der Waals surface area (Å²) in [5.41, 5.74) is 4.36. The maximum atomic E-state index is 12.2. The number of para-hydroxylation sites is 1. The third-order valence-electron chi connectivity index (χ3n) is 9.94. The van der Waals surface area contributed by atoms with Crippen molar-refractivity contribution in [3.63, 3.8) is 0 Å². The molecule has 0 aliphatic heterocycles. The number of hydrogen-bond acceptors (Lipinski definition) is 4. The average Bonchev–Trinajstić information content (AvgIpc) is 3.44. The molecule has 0 aliphatic rings. The van der Waals surface area contributed by atoms with Gasteiger partial charge in [-0.05, 0) is 50.2 Å². The Kier molecular flexibility index (Phi) is 11.8. The van der Waals surface area contributed by atoms with E-state index in [1.807, 2.05) is 60.6 Å². The third kappa shape index (κ3) is 7.48. The van der Waals surface area contributed by atoms with Gasteiger partial charge in [-0.3, -0.25) is 9.78 Å². The molecular formula is C41H50IrNO3-. The van der Waals surface area contributed by atoms with E-state index in [2.05, 4.69) is 75.4 Å². The fraction of sp³-hybridized carbons (Fsp3) is 0.415. The number of aryl methyl sites for hydroxylation is 1.